The zero-order chi connectivity index (χ0) is 7.68. The molecular formula is C9H8NSY10-. The number of hydrogen-bond donors (Lipinski definition) is 1. The fourth-order valence-corrected chi connectivity index (χ4v) is 1.89. The van der Waals surface area contributed by atoms with Gasteiger partial charge in [-0.2, -0.15) is 11.5 Å². The van der Waals surface area contributed by atoms with Crippen LogP contribution >= 0.6 is 11.3 Å². The van der Waals surface area contributed by atoms with Crippen molar-refractivity contribution in [2.75, 3.05) is 12.4 Å². The summed E-state index contributed by atoms with van der Waals surface area (Å²) in [5.41, 5.74) is 0. The van der Waals surface area contributed by atoms with Crippen LogP contribution in [0.25, 0.3) is 10.1 Å². The van der Waals surface area contributed by atoms with E-state index in [0.717, 1.165) is 5.00 Å². The molecule has 0 amide bonds. The summed E-state index contributed by atoms with van der Waals surface area (Å²) in [4.78, 5) is 0. The van der Waals surface area contributed by atoms with Crippen molar-refractivity contribution in [3.8, 4) is 0 Å². The van der Waals surface area contributed by atoms with E-state index < -0.39 is 0 Å². The average Bonchev–Trinajstić information content (AvgIpc) is 2.46. The van der Waals surface area contributed by atoms with Crippen LogP contribution in [0.15, 0.2) is 24.3 Å². The Labute approximate surface area is 384 Å². The standard InChI is InChI=1S/C9H8NS.10Y/c1-10-9-6-7-4-2-3-5-8(7)11-9;;;;;;;;;;/h2-5,10H,1H3;;;;;;;;;;/q-1;;;;;;;;;;. The Morgan fingerprint density at radius 2 is 1.19 bits per heavy atom. The van der Waals surface area contributed by atoms with Gasteiger partial charge in [-0.25, -0.2) is 11.3 Å². The minimum absolute atomic E-state index is 0. The first-order valence-corrected chi connectivity index (χ1v) is 4.30. The summed E-state index contributed by atoms with van der Waals surface area (Å²) < 4.78 is 1.29. The number of anilines is 1. The second-order valence-corrected chi connectivity index (χ2v) is 3.35. The Morgan fingerprint density at radius 3 is 1.57 bits per heavy atom. The second kappa shape index (κ2) is 37.3. The van der Waals surface area contributed by atoms with E-state index in [0.29, 0.717) is 0 Å². The quantitative estimate of drug-likeness (QED) is 0.435. The van der Waals surface area contributed by atoms with E-state index in [4.69, 9.17) is 0 Å². The molecule has 0 atom stereocenters. The van der Waals surface area contributed by atoms with Crippen LogP contribution in [0.3, 0.4) is 0 Å². The first-order valence-electron chi connectivity index (χ1n) is 3.49. The summed E-state index contributed by atoms with van der Waals surface area (Å²) >= 11 is 1.73. The molecule has 0 saturated carbocycles. The van der Waals surface area contributed by atoms with Crippen LogP contribution in [0.4, 0.5) is 5.00 Å². The Hall–Kier alpha value is 10.0. The van der Waals surface area contributed by atoms with Crippen molar-refractivity contribution in [2.45, 2.75) is 0 Å². The van der Waals surface area contributed by atoms with Gasteiger partial charge in [0.2, 0.25) is 0 Å². The van der Waals surface area contributed by atoms with E-state index in [-0.39, 0.29) is 327 Å². The third kappa shape index (κ3) is 24.5. The molecule has 2 aromatic rings. The van der Waals surface area contributed by atoms with E-state index in [1.165, 1.54) is 10.1 Å². The maximum atomic E-state index is 3.25. The van der Waals surface area contributed by atoms with E-state index in [1.807, 2.05) is 19.2 Å². The Balaban J connectivity index is -0.0000000206. The molecule has 10 radical (unpaired) electrons. The van der Waals surface area contributed by atoms with E-state index in [9.17, 15) is 0 Å². The first-order chi connectivity index (χ1) is 5.40. The van der Waals surface area contributed by atoms with Crippen LogP contribution < -0.4 is 5.32 Å². The monoisotopic (exact) mass is 1050 g/mol. The van der Waals surface area contributed by atoms with Gasteiger partial charge in [0.15, 0.2) is 0 Å². The van der Waals surface area contributed by atoms with Crippen LogP contribution in [0.1, 0.15) is 0 Å². The molecule has 0 aliphatic rings. The van der Waals surface area contributed by atoms with Crippen molar-refractivity contribution in [3.63, 3.8) is 0 Å². The maximum absolute atomic E-state index is 3.25. The molecule has 1 heterocycles. The molecule has 0 saturated heterocycles. The molecule has 1 N–H and O–H groups in total. The van der Waals surface area contributed by atoms with E-state index in [1.54, 1.807) is 11.3 Å². The van der Waals surface area contributed by atoms with Gasteiger partial charge in [-0.05, 0) is 0 Å². The van der Waals surface area contributed by atoms with Gasteiger partial charge in [0.1, 0.15) is 0 Å². The topological polar surface area (TPSA) is 12.0 Å². The Kier molecular flexibility index (Phi) is 103. The molecule has 0 bridgehead atoms. The van der Waals surface area contributed by atoms with Gasteiger partial charge in [0.05, 0.1) is 0 Å². The molecule has 1 aromatic heterocycles. The number of hydrogen-bond acceptors (Lipinski definition) is 2. The van der Waals surface area contributed by atoms with Crippen LogP contribution in [-0.4, -0.2) is 7.05 Å². The molecule has 12 heteroatoms. The smallest absolute Gasteiger partial charge is 0.0150 e. The van der Waals surface area contributed by atoms with Gasteiger partial charge in [0, 0.05) is 339 Å². The van der Waals surface area contributed by atoms with Crippen molar-refractivity contribution in [1.82, 2.24) is 0 Å². The SMILES string of the molecule is CNc1[c-]c2ccccc2s1.[Y].[Y].[Y].[Y].[Y].[Y].[Y].[Y].[Y].[Y]. The normalized spacial score (nSPS) is 5.38. The van der Waals surface area contributed by atoms with Crippen LogP contribution in [-0.2, 0) is 327 Å². The van der Waals surface area contributed by atoms with Crippen molar-refractivity contribution < 1.29 is 327 Å². The fraction of sp³-hybridized carbons (Fsp3) is 0.111. The summed E-state index contributed by atoms with van der Waals surface area (Å²) in [6.07, 6.45) is 0. The van der Waals surface area contributed by atoms with Crippen LogP contribution in [0, 0.1) is 6.07 Å². The molecule has 0 aliphatic heterocycles. The Bertz CT molecular complexity index is 352. The molecule has 2 rings (SSSR count). The molecule has 0 fully saturated rings. The predicted octanol–water partition coefficient (Wildman–Crippen LogP) is 2.72. The van der Waals surface area contributed by atoms with E-state index in [2.05, 4.69) is 23.5 Å². The first kappa shape index (κ1) is 57.7. The van der Waals surface area contributed by atoms with Crippen molar-refractivity contribution in [1.29, 1.82) is 0 Å². The minimum atomic E-state index is 0. The average molecular weight is 1050 g/mol. The fourth-order valence-electron chi connectivity index (χ4n) is 1.03. The number of benzene rings is 1. The van der Waals surface area contributed by atoms with Gasteiger partial charge < -0.3 is 5.32 Å². The molecule has 86 valence electrons. The van der Waals surface area contributed by atoms with Gasteiger partial charge in [-0.15, -0.1) is 18.2 Å². The summed E-state index contributed by atoms with van der Waals surface area (Å²) in [5.74, 6) is 0. The molecule has 0 aliphatic carbocycles. The van der Waals surface area contributed by atoms with Crippen molar-refractivity contribution in [2.24, 2.45) is 0 Å². The molecule has 0 unspecified atom stereocenters. The van der Waals surface area contributed by atoms with Crippen molar-refractivity contribution in [3.05, 3.63) is 30.3 Å². The number of rotatable bonds is 1. The maximum Gasteiger partial charge on any atom is 0.0150 e. The summed E-state index contributed by atoms with van der Waals surface area (Å²) in [5, 5.41) is 5.38. The molecule has 1 nitrogen and oxygen atoms in total. The molecule has 21 heavy (non-hydrogen) atoms. The molecule has 1 aromatic carbocycles. The van der Waals surface area contributed by atoms with Crippen LogP contribution in [0.2, 0.25) is 0 Å². The summed E-state index contributed by atoms with van der Waals surface area (Å²) in [7, 11) is 1.92. The van der Waals surface area contributed by atoms with Gasteiger partial charge in [0.25, 0.3) is 0 Å². The molecular weight excluding hydrogens is 1040 g/mol. The number of nitrogens with one attached hydrogen (secondary N) is 1. The predicted molar refractivity (Wildman–Crippen MR) is 50.2 cm³/mol. The van der Waals surface area contributed by atoms with Gasteiger partial charge >= 0.3 is 0 Å². The zero-order valence-electron chi connectivity index (χ0n) is 12.0. The third-order valence-corrected chi connectivity index (χ3v) is 2.66. The van der Waals surface area contributed by atoms with Crippen LogP contribution in [0.5, 0.6) is 0 Å². The van der Waals surface area contributed by atoms with Gasteiger partial charge in [-0.1, -0.05) is 10.8 Å². The largest absolute Gasteiger partial charge is 0.391 e. The third-order valence-electron chi connectivity index (χ3n) is 1.57. The van der Waals surface area contributed by atoms with E-state index >= 15 is 0 Å². The number of fused-ring (bicyclic) bond motifs is 1. The minimum Gasteiger partial charge on any atom is -0.391 e. The summed E-state index contributed by atoms with van der Waals surface area (Å²) in [6, 6.07) is 11.5. The second-order valence-electron chi connectivity index (χ2n) is 2.30. The zero-order valence-corrected chi connectivity index (χ0v) is 41.2. The number of thiophene rings is 1. The molecule has 0 spiro atoms. The summed E-state index contributed by atoms with van der Waals surface area (Å²) in [6.45, 7) is 0. The Morgan fingerprint density at radius 1 is 0.762 bits per heavy atom. The van der Waals surface area contributed by atoms with Crippen molar-refractivity contribution >= 4 is 26.4 Å². The van der Waals surface area contributed by atoms with Gasteiger partial charge in [-0.3, -0.25) is 0 Å².